The Bertz CT molecular complexity index is 637. The van der Waals surface area contributed by atoms with E-state index in [1.807, 2.05) is 0 Å². The molecular weight excluding hydrogens is 317 g/mol. The van der Waals surface area contributed by atoms with Gasteiger partial charge in [-0.2, -0.15) is 0 Å². The maximum atomic E-state index is 13.3. The first-order chi connectivity index (χ1) is 9.38. The maximum Gasteiger partial charge on any atom is 0.125 e. The van der Waals surface area contributed by atoms with Gasteiger partial charge in [0, 0.05) is 10.5 Å². The molecule has 0 saturated heterocycles. The quantitative estimate of drug-likeness (QED) is 0.760. The van der Waals surface area contributed by atoms with Gasteiger partial charge in [-0.3, -0.25) is 0 Å². The minimum Gasteiger partial charge on any atom is -0.378 e. The highest BCUT2D eigenvalue weighted by Gasteiger charge is 2.12. The van der Waals surface area contributed by atoms with Crippen molar-refractivity contribution in [3.63, 3.8) is 0 Å². The first-order valence-electron chi connectivity index (χ1n) is 6.68. The van der Waals surface area contributed by atoms with Crippen molar-refractivity contribution in [2.45, 2.75) is 33.7 Å². The van der Waals surface area contributed by atoms with Crippen LogP contribution in [-0.2, 0) is 0 Å². The number of halogens is 2. The second-order valence-corrected chi connectivity index (χ2v) is 6.14. The first kappa shape index (κ1) is 15.0. The van der Waals surface area contributed by atoms with Gasteiger partial charge in [-0.25, -0.2) is 4.39 Å². The molecule has 0 heterocycles. The average Bonchev–Trinajstić information content (AvgIpc) is 2.38. The topological polar surface area (TPSA) is 12.0 Å². The summed E-state index contributed by atoms with van der Waals surface area (Å²) in [6.45, 7) is 8.44. The first-order valence-corrected chi connectivity index (χ1v) is 7.47. The molecule has 0 aliphatic heterocycles. The van der Waals surface area contributed by atoms with Crippen molar-refractivity contribution in [3.8, 4) is 0 Å². The number of nitrogens with one attached hydrogen (secondary N) is 1. The van der Waals surface area contributed by atoms with Crippen molar-refractivity contribution in [2.24, 2.45) is 0 Å². The molecule has 2 aromatic carbocycles. The Labute approximate surface area is 128 Å². The van der Waals surface area contributed by atoms with Crippen LogP contribution < -0.4 is 5.32 Å². The normalized spacial score (nSPS) is 12.3. The number of hydrogen-bond donors (Lipinski definition) is 1. The summed E-state index contributed by atoms with van der Waals surface area (Å²) < 4.78 is 14.2. The Balaban J connectivity index is 2.30. The van der Waals surface area contributed by atoms with Crippen molar-refractivity contribution < 1.29 is 4.39 Å². The van der Waals surface area contributed by atoms with Crippen molar-refractivity contribution in [2.75, 3.05) is 5.32 Å². The summed E-state index contributed by atoms with van der Waals surface area (Å²) >= 11 is 3.45. The Hall–Kier alpha value is -1.35. The second-order valence-electron chi connectivity index (χ2n) is 5.28. The zero-order chi connectivity index (χ0) is 14.9. The fraction of sp³-hybridized carbons (Fsp3) is 0.294. The Morgan fingerprint density at radius 1 is 1.00 bits per heavy atom. The molecule has 106 valence electrons. The van der Waals surface area contributed by atoms with Crippen LogP contribution in [0.25, 0.3) is 0 Å². The van der Waals surface area contributed by atoms with Gasteiger partial charge >= 0.3 is 0 Å². The van der Waals surface area contributed by atoms with E-state index in [9.17, 15) is 4.39 Å². The minimum atomic E-state index is -0.236. The van der Waals surface area contributed by atoms with Gasteiger partial charge in [0.05, 0.1) is 5.69 Å². The number of aryl methyl sites for hydroxylation is 3. The molecule has 0 aliphatic carbocycles. The zero-order valence-corrected chi connectivity index (χ0v) is 13.8. The molecule has 2 rings (SSSR count). The molecule has 1 atom stereocenters. The highest BCUT2D eigenvalue weighted by molar-refractivity contribution is 9.10. The van der Waals surface area contributed by atoms with E-state index in [-0.39, 0.29) is 11.9 Å². The number of anilines is 1. The predicted molar refractivity (Wildman–Crippen MR) is 86.8 cm³/mol. The van der Waals surface area contributed by atoms with E-state index in [1.54, 1.807) is 6.07 Å². The minimum absolute atomic E-state index is 0.118. The fourth-order valence-electron chi connectivity index (χ4n) is 2.37. The molecule has 20 heavy (non-hydrogen) atoms. The van der Waals surface area contributed by atoms with Gasteiger partial charge in [0.25, 0.3) is 0 Å². The molecule has 0 spiro atoms. The molecule has 0 aromatic heterocycles. The third-order valence-corrected chi connectivity index (χ3v) is 4.34. The van der Waals surface area contributed by atoms with Crippen molar-refractivity contribution in [1.29, 1.82) is 0 Å². The summed E-state index contributed by atoms with van der Waals surface area (Å²) in [7, 11) is 0. The van der Waals surface area contributed by atoms with Gasteiger partial charge in [-0.15, -0.1) is 0 Å². The zero-order valence-electron chi connectivity index (χ0n) is 12.2. The molecule has 0 saturated carbocycles. The van der Waals surface area contributed by atoms with E-state index in [4.69, 9.17) is 0 Å². The molecule has 0 radical (unpaired) electrons. The number of hydrogen-bond acceptors (Lipinski definition) is 1. The van der Waals surface area contributed by atoms with Gasteiger partial charge in [0.2, 0.25) is 0 Å². The van der Waals surface area contributed by atoms with Crippen LogP contribution in [0.2, 0.25) is 0 Å². The third-order valence-electron chi connectivity index (χ3n) is 3.65. The van der Waals surface area contributed by atoms with Gasteiger partial charge in [-0.05, 0) is 84.1 Å². The molecular formula is C17H19BrFN. The van der Waals surface area contributed by atoms with Crippen LogP contribution in [-0.4, -0.2) is 0 Å². The lowest BCUT2D eigenvalue weighted by molar-refractivity contribution is 0.627. The van der Waals surface area contributed by atoms with E-state index < -0.39 is 0 Å². The lowest BCUT2D eigenvalue weighted by Crippen LogP contribution is -2.09. The standard InChI is InChI=1S/C17H19BrFN/c1-10-7-12(3)15(8-11(10)2)13(4)20-17-9-14(19)5-6-16(17)18/h5-9,13,20H,1-4H3. The second kappa shape index (κ2) is 5.96. The van der Waals surface area contributed by atoms with Crippen LogP contribution in [0.1, 0.15) is 35.2 Å². The summed E-state index contributed by atoms with van der Waals surface area (Å²) in [5.74, 6) is -0.236. The molecule has 1 N–H and O–H groups in total. The largest absolute Gasteiger partial charge is 0.378 e. The number of benzene rings is 2. The summed E-state index contributed by atoms with van der Waals surface area (Å²) in [5.41, 5.74) is 5.84. The molecule has 0 bridgehead atoms. The van der Waals surface area contributed by atoms with E-state index in [0.29, 0.717) is 0 Å². The fourth-order valence-corrected chi connectivity index (χ4v) is 2.73. The Morgan fingerprint density at radius 3 is 2.35 bits per heavy atom. The van der Waals surface area contributed by atoms with E-state index in [0.717, 1.165) is 10.2 Å². The summed E-state index contributed by atoms with van der Waals surface area (Å²) in [5, 5.41) is 3.37. The Kier molecular flexibility index (Phi) is 4.48. The van der Waals surface area contributed by atoms with Crippen LogP contribution in [0.15, 0.2) is 34.8 Å². The highest BCUT2D eigenvalue weighted by Crippen LogP contribution is 2.29. The summed E-state index contributed by atoms with van der Waals surface area (Å²) in [4.78, 5) is 0. The van der Waals surface area contributed by atoms with Crippen molar-refractivity contribution >= 4 is 21.6 Å². The van der Waals surface area contributed by atoms with Crippen LogP contribution in [0.4, 0.5) is 10.1 Å². The third kappa shape index (κ3) is 3.21. The molecule has 2 aromatic rings. The van der Waals surface area contributed by atoms with Gasteiger partial charge in [0.1, 0.15) is 5.82 Å². The van der Waals surface area contributed by atoms with Gasteiger partial charge < -0.3 is 5.32 Å². The van der Waals surface area contributed by atoms with Crippen LogP contribution >= 0.6 is 15.9 Å². The van der Waals surface area contributed by atoms with E-state index in [2.05, 4.69) is 61.1 Å². The summed E-state index contributed by atoms with van der Waals surface area (Å²) in [6.07, 6.45) is 0. The Morgan fingerprint density at radius 2 is 1.65 bits per heavy atom. The monoisotopic (exact) mass is 335 g/mol. The van der Waals surface area contributed by atoms with E-state index in [1.165, 1.54) is 34.4 Å². The van der Waals surface area contributed by atoms with Gasteiger partial charge in [0.15, 0.2) is 0 Å². The smallest absolute Gasteiger partial charge is 0.125 e. The number of rotatable bonds is 3. The SMILES string of the molecule is Cc1cc(C)c(C(C)Nc2cc(F)ccc2Br)cc1C. The average molecular weight is 336 g/mol. The van der Waals surface area contributed by atoms with Crippen molar-refractivity contribution in [1.82, 2.24) is 0 Å². The van der Waals surface area contributed by atoms with Crippen LogP contribution in [0.5, 0.6) is 0 Å². The molecule has 0 aliphatic rings. The van der Waals surface area contributed by atoms with E-state index >= 15 is 0 Å². The highest BCUT2D eigenvalue weighted by atomic mass is 79.9. The van der Waals surface area contributed by atoms with Crippen LogP contribution in [0, 0.1) is 26.6 Å². The molecule has 3 heteroatoms. The molecule has 1 unspecified atom stereocenters. The van der Waals surface area contributed by atoms with Crippen LogP contribution in [0.3, 0.4) is 0 Å². The van der Waals surface area contributed by atoms with Crippen molar-refractivity contribution in [3.05, 3.63) is 62.9 Å². The maximum absolute atomic E-state index is 13.3. The predicted octanol–water partition coefficient (Wildman–Crippen LogP) is 5.69. The lowest BCUT2D eigenvalue weighted by atomic mass is 9.96. The molecule has 0 fully saturated rings. The lowest BCUT2D eigenvalue weighted by Gasteiger charge is -2.20. The summed E-state index contributed by atoms with van der Waals surface area (Å²) in [6, 6.07) is 9.20. The molecule has 0 amide bonds. The molecule has 1 nitrogen and oxygen atoms in total. The van der Waals surface area contributed by atoms with Gasteiger partial charge in [-0.1, -0.05) is 12.1 Å².